The third-order valence-corrected chi connectivity index (χ3v) is 6.50. The highest BCUT2D eigenvalue weighted by molar-refractivity contribution is 5.56. The number of hydrogen-bond acceptors (Lipinski definition) is 1. The molecule has 0 amide bonds. The lowest BCUT2D eigenvalue weighted by Crippen LogP contribution is -2.26. The molecule has 6 aliphatic carbocycles. The Balaban J connectivity index is 1.67. The normalized spacial score (nSPS) is 59.6. The predicted molar refractivity (Wildman–Crippen MR) is 59.4 cm³/mol. The Bertz CT molecular complexity index is 526. The van der Waals surface area contributed by atoms with Gasteiger partial charge in [-0.15, -0.1) is 0 Å². The second-order valence-electron chi connectivity index (χ2n) is 6.51. The maximum Gasteiger partial charge on any atom is 0.119 e. The van der Waals surface area contributed by atoms with Crippen molar-refractivity contribution in [2.24, 2.45) is 35.5 Å². The molecule has 2 unspecified atom stereocenters. The van der Waals surface area contributed by atoms with E-state index in [0.717, 1.165) is 53.1 Å². The Labute approximate surface area is 94.8 Å². The Morgan fingerprint density at radius 3 is 2.06 bits per heavy atom. The molecule has 0 aliphatic heterocycles. The van der Waals surface area contributed by atoms with Crippen LogP contribution in [0.4, 0.5) is 0 Å². The summed E-state index contributed by atoms with van der Waals surface area (Å²) in [6, 6.07) is 6.88. The van der Waals surface area contributed by atoms with E-state index in [1.54, 1.807) is 18.2 Å². The minimum absolute atomic E-state index is 0.945. The van der Waals surface area contributed by atoms with Gasteiger partial charge in [0, 0.05) is 0 Å². The van der Waals surface area contributed by atoms with Gasteiger partial charge in [-0.05, 0) is 70.6 Å². The van der Waals surface area contributed by atoms with Gasteiger partial charge in [0.2, 0.25) is 0 Å². The summed E-state index contributed by atoms with van der Waals surface area (Å²) in [6.45, 7) is 0. The van der Waals surface area contributed by atoms with Crippen molar-refractivity contribution in [3.8, 4) is 5.75 Å². The topological polar surface area (TPSA) is 9.23 Å². The Hall–Kier alpha value is -0.980. The van der Waals surface area contributed by atoms with Crippen molar-refractivity contribution in [3.05, 3.63) is 29.3 Å². The van der Waals surface area contributed by atoms with Crippen LogP contribution in [-0.2, 0) is 0 Å². The van der Waals surface area contributed by atoms with E-state index in [1.165, 1.54) is 0 Å². The zero-order chi connectivity index (χ0) is 10.2. The average Bonchev–Trinajstić information content (AvgIpc) is 3.17. The van der Waals surface area contributed by atoms with Crippen LogP contribution in [0.25, 0.3) is 0 Å². The van der Waals surface area contributed by atoms with Gasteiger partial charge in [-0.3, -0.25) is 0 Å². The van der Waals surface area contributed by atoms with Crippen LogP contribution in [0.3, 0.4) is 0 Å². The first-order valence-electron chi connectivity index (χ1n) is 6.59. The molecule has 0 heterocycles. The first-order valence-corrected chi connectivity index (χ1v) is 6.59. The highest BCUT2D eigenvalue weighted by Gasteiger charge is 2.88. The first kappa shape index (κ1) is 7.37. The summed E-state index contributed by atoms with van der Waals surface area (Å²) >= 11 is 0. The van der Waals surface area contributed by atoms with Gasteiger partial charge in [-0.25, -0.2) is 0 Å². The molecule has 4 saturated carbocycles. The molecule has 4 fully saturated rings. The second kappa shape index (κ2) is 1.83. The van der Waals surface area contributed by atoms with Crippen molar-refractivity contribution in [3.63, 3.8) is 0 Å². The SMILES string of the molecule is COc1ccc2c(c1)C1[C@@H]3[C@H]4C2[C@H]2[C@@H]1[C@H]2[C@H]34. The number of rotatable bonds is 1. The summed E-state index contributed by atoms with van der Waals surface area (Å²) in [5.41, 5.74) is 3.38. The molecule has 6 aliphatic rings. The van der Waals surface area contributed by atoms with Crippen LogP contribution in [0, 0.1) is 35.5 Å². The van der Waals surface area contributed by atoms with Gasteiger partial charge >= 0.3 is 0 Å². The Morgan fingerprint density at radius 1 is 0.812 bits per heavy atom. The predicted octanol–water partition coefficient (Wildman–Crippen LogP) is 2.63. The van der Waals surface area contributed by atoms with Gasteiger partial charge in [0.25, 0.3) is 0 Å². The van der Waals surface area contributed by atoms with Crippen molar-refractivity contribution in [2.75, 3.05) is 7.11 Å². The standard InChI is InChI=1S/C15H14O/c1-16-5-2-3-6-7(4-5)9-12-10-8(6)11-13(9)15(11)14(10)12/h2-4,8-15H,1H3/t8?,9?,10-,11+,12-,13-,14+,15+/m1/s1. The second-order valence-corrected chi connectivity index (χ2v) is 6.51. The quantitative estimate of drug-likeness (QED) is 0.692. The monoisotopic (exact) mass is 210 g/mol. The van der Waals surface area contributed by atoms with E-state index in [9.17, 15) is 0 Å². The van der Waals surface area contributed by atoms with Gasteiger partial charge in [-0.1, -0.05) is 6.07 Å². The summed E-state index contributed by atoms with van der Waals surface area (Å²) in [4.78, 5) is 0. The lowest BCUT2D eigenvalue weighted by atomic mass is 9.67. The molecule has 2 bridgehead atoms. The lowest BCUT2D eigenvalue weighted by molar-refractivity contribution is 0.317. The third kappa shape index (κ3) is 0.489. The van der Waals surface area contributed by atoms with E-state index in [4.69, 9.17) is 4.74 Å². The van der Waals surface area contributed by atoms with Crippen LogP contribution >= 0.6 is 0 Å². The summed E-state index contributed by atoms with van der Waals surface area (Å²) in [6.07, 6.45) is 0. The van der Waals surface area contributed by atoms with Crippen LogP contribution in [0.5, 0.6) is 5.75 Å². The largest absolute Gasteiger partial charge is 0.497 e. The van der Waals surface area contributed by atoms with E-state index in [-0.39, 0.29) is 0 Å². The fourth-order valence-corrected chi connectivity index (χ4v) is 6.33. The molecular formula is C15H14O. The molecule has 7 rings (SSSR count). The number of benzene rings is 1. The molecule has 0 N–H and O–H groups in total. The van der Waals surface area contributed by atoms with Crippen LogP contribution in [0.2, 0.25) is 0 Å². The maximum absolute atomic E-state index is 5.39. The maximum atomic E-state index is 5.39. The molecule has 0 radical (unpaired) electrons. The zero-order valence-corrected chi connectivity index (χ0v) is 9.26. The fourth-order valence-electron chi connectivity index (χ4n) is 6.33. The minimum atomic E-state index is 0.945. The summed E-state index contributed by atoms with van der Waals surface area (Å²) in [7, 11) is 1.79. The number of methoxy groups -OCH3 is 1. The summed E-state index contributed by atoms with van der Waals surface area (Å²) < 4.78 is 5.39. The molecule has 0 saturated heterocycles. The van der Waals surface area contributed by atoms with Gasteiger partial charge in [0.05, 0.1) is 7.11 Å². The van der Waals surface area contributed by atoms with E-state index in [0.29, 0.717) is 0 Å². The molecule has 1 heteroatoms. The third-order valence-electron chi connectivity index (χ3n) is 6.50. The van der Waals surface area contributed by atoms with Crippen LogP contribution < -0.4 is 4.74 Å². The Morgan fingerprint density at radius 2 is 1.44 bits per heavy atom. The molecular weight excluding hydrogens is 196 g/mol. The highest BCUT2D eigenvalue weighted by atomic mass is 16.5. The minimum Gasteiger partial charge on any atom is -0.497 e. The van der Waals surface area contributed by atoms with Crippen LogP contribution in [0.1, 0.15) is 23.0 Å². The van der Waals surface area contributed by atoms with E-state index in [1.807, 2.05) is 0 Å². The molecule has 1 aromatic carbocycles. The lowest BCUT2D eigenvalue weighted by Gasteiger charge is -2.37. The molecule has 0 aromatic heterocycles. The van der Waals surface area contributed by atoms with Crippen molar-refractivity contribution < 1.29 is 4.74 Å². The smallest absolute Gasteiger partial charge is 0.119 e. The molecule has 1 nitrogen and oxygen atoms in total. The number of hydrogen-bond donors (Lipinski definition) is 0. The molecule has 80 valence electrons. The van der Waals surface area contributed by atoms with E-state index >= 15 is 0 Å². The summed E-state index contributed by atoms with van der Waals surface area (Å²) in [5, 5.41) is 0. The van der Waals surface area contributed by atoms with E-state index in [2.05, 4.69) is 18.2 Å². The highest BCUT2D eigenvalue weighted by Crippen LogP contribution is 2.94. The van der Waals surface area contributed by atoms with E-state index < -0.39 is 0 Å². The van der Waals surface area contributed by atoms with Crippen molar-refractivity contribution in [1.82, 2.24) is 0 Å². The van der Waals surface area contributed by atoms with Gasteiger partial charge < -0.3 is 4.74 Å². The van der Waals surface area contributed by atoms with Crippen molar-refractivity contribution >= 4 is 0 Å². The van der Waals surface area contributed by atoms with Crippen molar-refractivity contribution in [2.45, 2.75) is 11.8 Å². The zero-order valence-electron chi connectivity index (χ0n) is 9.26. The number of ether oxygens (including phenoxy) is 1. The fraction of sp³-hybridized carbons (Fsp3) is 0.600. The molecule has 16 heavy (non-hydrogen) atoms. The molecule has 1 aromatic rings. The van der Waals surface area contributed by atoms with Crippen LogP contribution in [-0.4, -0.2) is 7.11 Å². The average molecular weight is 210 g/mol. The summed E-state index contributed by atoms with van der Waals surface area (Å²) in [5.74, 6) is 9.73. The van der Waals surface area contributed by atoms with Crippen LogP contribution in [0.15, 0.2) is 18.2 Å². The Kier molecular flexibility index (Phi) is 0.843. The van der Waals surface area contributed by atoms with Gasteiger partial charge in [0.15, 0.2) is 0 Å². The first-order chi connectivity index (χ1) is 7.92. The van der Waals surface area contributed by atoms with Crippen molar-refractivity contribution in [1.29, 1.82) is 0 Å². The molecule has 0 spiro atoms. The van der Waals surface area contributed by atoms with Gasteiger partial charge in [0.1, 0.15) is 5.75 Å². The van der Waals surface area contributed by atoms with Gasteiger partial charge in [-0.2, -0.15) is 0 Å². The molecule has 8 atom stereocenters.